The summed E-state index contributed by atoms with van der Waals surface area (Å²) in [5.41, 5.74) is 0. The summed E-state index contributed by atoms with van der Waals surface area (Å²) in [6.07, 6.45) is 5.52. The lowest BCUT2D eigenvalue weighted by Gasteiger charge is -2.38. The van der Waals surface area contributed by atoms with Crippen molar-refractivity contribution in [3.8, 4) is 6.07 Å². The summed E-state index contributed by atoms with van der Waals surface area (Å²) in [6.45, 7) is 2.88. The van der Waals surface area contributed by atoms with Gasteiger partial charge in [0.1, 0.15) is 6.04 Å². The molecule has 3 rings (SSSR count). The van der Waals surface area contributed by atoms with Gasteiger partial charge in [-0.15, -0.1) is 24.0 Å². The molecule has 0 spiro atoms. The molecular weight excluding hydrogens is 465 g/mol. The van der Waals surface area contributed by atoms with E-state index >= 15 is 0 Å². The Bertz CT molecular complexity index is 642. The van der Waals surface area contributed by atoms with Gasteiger partial charge in [-0.2, -0.15) is 5.26 Å². The smallest absolute Gasteiger partial charge is 0.194 e. The van der Waals surface area contributed by atoms with Crippen molar-refractivity contribution < 1.29 is 8.42 Å². The molecule has 7 nitrogen and oxygen atoms in total. The molecule has 0 aromatic heterocycles. The highest BCUT2D eigenvalue weighted by atomic mass is 127. The molecule has 2 unspecified atom stereocenters. The SMILES string of the molecule is CN1CCN(C(=NCC2CCS(=O)(=O)C2)NC2CCCC2)CC1C#N.I. The van der Waals surface area contributed by atoms with Gasteiger partial charge in [-0.05, 0) is 32.2 Å². The highest BCUT2D eigenvalue weighted by molar-refractivity contribution is 14.0. The Kier molecular flexibility index (Phi) is 7.97. The first-order valence-electron chi connectivity index (χ1n) is 9.33. The van der Waals surface area contributed by atoms with Gasteiger partial charge in [-0.3, -0.25) is 9.89 Å². The van der Waals surface area contributed by atoms with E-state index in [1.807, 2.05) is 7.05 Å². The maximum absolute atomic E-state index is 11.7. The maximum Gasteiger partial charge on any atom is 0.194 e. The second-order valence-electron chi connectivity index (χ2n) is 7.63. The van der Waals surface area contributed by atoms with Crippen LogP contribution in [0.3, 0.4) is 0 Å². The minimum absolute atomic E-state index is 0. The first-order chi connectivity index (χ1) is 12.0. The lowest BCUT2D eigenvalue weighted by Crippen LogP contribution is -2.56. The molecule has 2 saturated heterocycles. The van der Waals surface area contributed by atoms with Crippen molar-refractivity contribution in [1.29, 1.82) is 5.26 Å². The third kappa shape index (κ3) is 5.70. The summed E-state index contributed by atoms with van der Waals surface area (Å²) in [7, 11) is -0.882. The number of guanidine groups is 1. The zero-order valence-electron chi connectivity index (χ0n) is 15.4. The van der Waals surface area contributed by atoms with Crippen LogP contribution in [0.4, 0.5) is 0 Å². The lowest BCUT2D eigenvalue weighted by molar-refractivity contribution is 0.170. The van der Waals surface area contributed by atoms with Gasteiger partial charge >= 0.3 is 0 Å². The molecule has 2 atom stereocenters. The van der Waals surface area contributed by atoms with Crippen molar-refractivity contribution in [3.63, 3.8) is 0 Å². The van der Waals surface area contributed by atoms with Gasteiger partial charge in [-0.25, -0.2) is 8.42 Å². The van der Waals surface area contributed by atoms with E-state index in [9.17, 15) is 13.7 Å². The molecule has 0 aromatic rings. The van der Waals surface area contributed by atoms with E-state index in [-0.39, 0.29) is 41.7 Å². The van der Waals surface area contributed by atoms with Crippen LogP contribution >= 0.6 is 24.0 Å². The molecule has 2 aliphatic heterocycles. The molecule has 26 heavy (non-hydrogen) atoms. The van der Waals surface area contributed by atoms with Crippen LogP contribution in [-0.2, 0) is 9.84 Å². The summed E-state index contributed by atoms with van der Waals surface area (Å²) >= 11 is 0. The molecule has 9 heteroatoms. The van der Waals surface area contributed by atoms with Gasteiger partial charge < -0.3 is 10.2 Å². The van der Waals surface area contributed by atoms with E-state index in [0.29, 0.717) is 31.3 Å². The number of hydrogen-bond donors (Lipinski definition) is 1. The number of rotatable bonds is 3. The summed E-state index contributed by atoms with van der Waals surface area (Å²) in [5.74, 6) is 1.55. The molecule has 0 aromatic carbocycles. The molecule has 2 heterocycles. The van der Waals surface area contributed by atoms with Crippen LogP contribution in [-0.4, -0.2) is 81.0 Å². The fourth-order valence-corrected chi connectivity index (χ4v) is 5.78. The van der Waals surface area contributed by atoms with Crippen LogP contribution in [0.25, 0.3) is 0 Å². The molecule has 1 saturated carbocycles. The Labute approximate surface area is 174 Å². The van der Waals surface area contributed by atoms with Crippen molar-refractivity contribution in [2.24, 2.45) is 10.9 Å². The van der Waals surface area contributed by atoms with Crippen LogP contribution in [0.15, 0.2) is 4.99 Å². The third-order valence-corrected chi connectivity index (χ3v) is 7.45. The summed E-state index contributed by atoms with van der Waals surface area (Å²) < 4.78 is 23.3. The minimum atomic E-state index is -2.86. The van der Waals surface area contributed by atoms with E-state index in [0.717, 1.165) is 31.9 Å². The first kappa shape index (κ1) is 21.7. The summed E-state index contributed by atoms with van der Waals surface area (Å²) in [4.78, 5) is 9.04. The fourth-order valence-electron chi connectivity index (χ4n) is 3.93. The number of likely N-dealkylation sites (N-methyl/N-ethyl adjacent to an activating group) is 1. The number of halogens is 1. The van der Waals surface area contributed by atoms with Gasteiger partial charge in [0, 0.05) is 32.2 Å². The summed E-state index contributed by atoms with van der Waals surface area (Å²) in [5, 5.41) is 12.9. The zero-order valence-corrected chi connectivity index (χ0v) is 18.6. The lowest BCUT2D eigenvalue weighted by atomic mass is 10.1. The highest BCUT2D eigenvalue weighted by Gasteiger charge is 2.30. The second kappa shape index (κ2) is 9.55. The standard InChI is InChI=1S/C17H29N5O2S.HI/c1-21-7-8-22(12-16(21)10-18)17(20-15-4-2-3-5-15)19-11-14-6-9-25(23,24)13-14;/h14-16H,2-9,11-13H2,1H3,(H,19,20);1H. The number of sulfone groups is 1. The first-order valence-corrected chi connectivity index (χ1v) is 11.2. The predicted molar refractivity (Wildman–Crippen MR) is 113 cm³/mol. The number of nitrogens with zero attached hydrogens (tertiary/aromatic N) is 4. The predicted octanol–water partition coefficient (Wildman–Crippen LogP) is 1.07. The van der Waals surface area contributed by atoms with Crippen molar-refractivity contribution in [1.82, 2.24) is 15.1 Å². The average molecular weight is 495 g/mol. The van der Waals surface area contributed by atoms with Crippen LogP contribution in [0.2, 0.25) is 0 Å². The van der Waals surface area contributed by atoms with Gasteiger partial charge in [0.05, 0.1) is 17.6 Å². The normalized spacial score (nSPS) is 30.0. The van der Waals surface area contributed by atoms with Gasteiger partial charge in [-0.1, -0.05) is 12.8 Å². The van der Waals surface area contributed by atoms with Crippen molar-refractivity contribution >= 4 is 39.8 Å². The molecule has 3 fully saturated rings. The van der Waals surface area contributed by atoms with Crippen LogP contribution in [0.5, 0.6) is 0 Å². The van der Waals surface area contributed by atoms with Crippen LogP contribution in [0.1, 0.15) is 32.1 Å². The quantitative estimate of drug-likeness (QED) is 0.358. The van der Waals surface area contributed by atoms with Crippen molar-refractivity contribution in [2.45, 2.75) is 44.2 Å². The second-order valence-corrected chi connectivity index (χ2v) is 9.86. The van der Waals surface area contributed by atoms with Crippen molar-refractivity contribution in [3.05, 3.63) is 0 Å². The molecule has 0 amide bonds. The Morgan fingerprint density at radius 2 is 2.00 bits per heavy atom. The number of piperazine rings is 1. The largest absolute Gasteiger partial charge is 0.354 e. The fraction of sp³-hybridized carbons (Fsp3) is 0.882. The van der Waals surface area contributed by atoms with Crippen LogP contribution < -0.4 is 5.32 Å². The van der Waals surface area contributed by atoms with E-state index < -0.39 is 9.84 Å². The zero-order chi connectivity index (χ0) is 17.9. The van der Waals surface area contributed by atoms with E-state index in [4.69, 9.17) is 4.99 Å². The average Bonchev–Trinajstić information content (AvgIpc) is 3.21. The van der Waals surface area contributed by atoms with Gasteiger partial charge in [0.25, 0.3) is 0 Å². The Morgan fingerprint density at radius 1 is 1.27 bits per heavy atom. The van der Waals surface area contributed by atoms with Gasteiger partial charge in [0.2, 0.25) is 0 Å². The van der Waals surface area contributed by atoms with E-state index in [1.165, 1.54) is 12.8 Å². The molecule has 0 bridgehead atoms. The molecular formula is C17H30IN5O2S. The molecule has 148 valence electrons. The number of nitriles is 1. The Balaban J connectivity index is 0.00000243. The highest BCUT2D eigenvalue weighted by Crippen LogP contribution is 2.20. The molecule has 1 N–H and O–H groups in total. The Hall–Kier alpha value is -0.600. The van der Waals surface area contributed by atoms with E-state index in [2.05, 4.69) is 21.2 Å². The third-order valence-electron chi connectivity index (χ3n) is 5.61. The maximum atomic E-state index is 11.7. The minimum Gasteiger partial charge on any atom is -0.354 e. The summed E-state index contributed by atoms with van der Waals surface area (Å²) in [6, 6.07) is 2.68. The molecule has 1 aliphatic carbocycles. The Morgan fingerprint density at radius 3 is 2.62 bits per heavy atom. The monoisotopic (exact) mass is 495 g/mol. The van der Waals surface area contributed by atoms with Crippen molar-refractivity contribution in [2.75, 3.05) is 44.7 Å². The molecule has 3 aliphatic rings. The number of hydrogen-bond acceptors (Lipinski definition) is 5. The van der Waals surface area contributed by atoms with Gasteiger partial charge in [0.15, 0.2) is 15.8 Å². The number of nitrogens with one attached hydrogen (secondary N) is 1. The molecule has 0 radical (unpaired) electrons. The van der Waals surface area contributed by atoms with Crippen LogP contribution in [0, 0.1) is 17.2 Å². The van der Waals surface area contributed by atoms with E-state index in [1.54, 1.807) is 0 Å². The number of aliphatic imine (C=N–C) groups is 1. The topological polar surface area (TPSA) is 88.8 Å².